The lowest BCUT2D eigenvalue weighted by molar-refractivity contribution is 0.181. The molecule has 6 nitrogen and oxygen atoms in total. The van der Waals surface area contributed by atoms with Gasteiger partial charge in [0.1, 0.15) is 12.4 Å². The molecule has 28 heavy (non-hydrogen) atoms. The molecule has 1 aromatic heterocycles. The van der Waals surface area contributed by atoms with Crippen LogP contribution in [0.3, 0.4) is 0 Å². The Morgan fingerprint density at radius 3 is 2.54 bits per heavy atom. The van der Waals surface area contributed by atoms with Gasteiger partial charge in [-0.05, 0) is 36.6 Å². The predicted molar refractivity (Wildman–Crippen MR) is 107 cm³/mol. The van der Waals surface area contributed by atoms with Crippen LogP contribution in [0.1, 0.15) is 24.2 Å². The Labute approximate surface area is 167 Å². The first-order chi connectivity index (χ1) is 13.6. The van der Waals surface area contributed by atoms with Crippen LogP contribution in [0.5, 0.6) is 0 Å². The van der Waals surface area contributed by atoms with Gasteiger partial charge in [-0.1, -0.05) is 41.9 Å². The number of hydrogen-bond acceptors (Lipinski definition) is 4. The zero-order chi connectivity index (χ0) is 19.3. The third-order valence-electron chi connectivity index (χ3n) is 5.65. The van der Waals surface area contributed by atoms with Crippen molar-refractivity contribution >= 4 is 23.4 Å². The lowest BCUT2D eigenvalue weighted by Gasteiger charge is -2.16. The second-order valence-corrected chi connectivity index (χ2v) is 7.69. The SMILES string of the molecule is Cn1c(-c2ccc(N3CCOC3=O)cc2Cl)nnc1C1(c2ccccc2)CC1. The minimum Gasteiger partial charge on any atom is -0.447 e. The predicted octanol–water partition coefficient (Wildman–Crippen LogP) is 4.17. The Bertz CT molecular complexity index is 1060. The van der Waals surface area contributed by atoms with Gasteiger partial charge in [0.05, 0.1) is 17.0 Å². The molecule has 2 fully saturated rings. The fourth-order valence-electron chi connectivity index (χ4n) is 3.99. The molecule has 5 rings (SSSR count). The molecule has 3 aromatic rings. The van der Waals surface area contributed by atoms with E-state index in [0.717, 1.165) is 35.7 Å². The van der Waals surface area contributed by atoms with E-state index in [2.05, 4.69) is 34.5 Å². The first-order valence-electron chi connectivity index (χ1n) is 9.30. The standard InChI is InChI=1S/C21H19ClN4O2/c1-25-18(16-8-7-15(13-17(16)22)26-11-12-28-20(26)27)23-24-19(25)21(9-10-21)14-5-3-2-4-6-14/h2-8,13H,9-12H2,1H3. The second kappa shape index (κ2) is 6.34. The summed E-state index contributed by atoms with van der Waals surface area (Å²) in [6.45, 7) is 0.925. The van der Waals surface area contributed by atoms with E-state index in [1.54, 1.807) is 11.0 Å². The third-order valence-corrected chi connectivity index (χ3v) is 5.96. The quantitative estimate of drug-likeness (QED) is 0.666. The summed E-state index contributed by atoms with van der Waals surface area (Å²) < 4.78 is 7.03. The van der Waals surface area contributed by atoms with Gasteiger partial charge in [-0.15, -0.1) is 10.2 Å². The van der Waals surface area contributed by atoms with E-state index < -0.39 is 0 Å². The molecule has 142 valence electrons. The van der Waals surface area contributed by atoms with Gasteiger partial charge in [0, 0.05) is 18.3 Å². The number of rotatable bonds is 4. The molecule has 1 aliphatic heterocycles. The van der Waals surface area contributed by atoms with Gasteiger partial charge in [-0.25, -0.2) is 4.79 Å². The Hall–Kier alpha value is -2.86. The summed E-state index contributed by atoms with van der Waals surface area (Å²) in [4.78, 5) is 13.4. The summed E-state index contributed by atoms with van der Waals surface area (Å²) in [5.74, 6) is 1.68. The highest BCUT2D eigenvalue weighted by molar-refractivity contribution is 6.33. The van der Waals surface area contributed by atoms with Crippen molar-refractivity contribution in [2.75, 3.05) is 18.1 Å². The zero-order valence-corrected chi connectivity index (χ0v) is 16.2. The van der Waals surface area contributed by atoms with Gasteiger partial charge in [-0.3, -0.25) is 4.90 Å². The molecule has 0 unspecified atom stereocenters. The monoisotopic (exact) mass is 394 g/mol. The van der Waals surface area contributed by atoms with Crippen molar-refractivity contribution in [3.8, 4) is 11.4 Å². The molecule has 0 spiro atoms. The van der Waals surface area contributed by atoms with Gasteiger partial charge in [0.25, 0.3) is 0 Å². The van der Waals surface area contributed by atoms with Crippen LogP contribution in [0.25, 0.3) is 11.4 Å². The number of amides is 1. The Kier molecular flexibility index (Phi) is 3.91. The molecule has 2 heterocycles. The number of aromatic nitrogens is 3. The number of anilines is 1. The molecule has 0 atom stereocenters. The van der Waals surface area contributed by atoms with Crippen molar-refractivity contribution in [3.05, 3.63) is 64.9 Å². The number of benzene rings is 2. The van der Waals surface area contributed by atoms with E-state index in [9.17, 15) is 4.79 Å². The maximum absolute atomic E-state index is 11.8. The average molecular weight is 395 g/mol. The second-order valence-electron chi connectivity index (χ2n) is 7.28. The molecule has 7 heteroatoms. The number of halogens is 1. The summed E-state index contributed by atoms with van der Waals surface area (Å²) in [6.07, 6.45) is 1.78. The molecule has 1 aliphatic carbocycles. The van der Waals surface area contributed by atoms with E-state index in [0.29, 0.717) is 18.2 Å². The van der Waals surface area contributed by atoms with Crippen LogP contribution in [0, 0.1) is 0 Å². The van der Waals surface area contributed by atoms with Crippen molar-refractivity contribution < 1.29 is 9.53 Å². The number of ether oxygens (including phenoxy) is 1. The smallest absolute Gasteiger partial charge is 0.414 e. The number of carbonyl (C=O) groups is 1. The maximum Gasteiger partial charge on any atom is 0.414 e. The summed E-state index contributed by atoms with van der Waals surface area (Å²) in [5.41, 5.74) is 2.73. The first kappa shape index (κ1) is 17.3. The number of hydrogen-bond donors (Lipinski definition) is 0. The molecule has 0 N–H and O–H groups in total. The molecule has 1 saturated heterocycles. The van der Waals surface area contributed by atoms with Crippen LogP contribution in [-0.2, 0) is 17.2 Å². The van der Waals surface area contributed by atoms with Crippen LogP contribution in [0.15, 0.2) is 48.5 Å². The van der Waals surface area contributed by atoms with Gasteiger partial charge in [0.15, 0.2) is 5.82 Å². The Morgan fingerprint density at radius 2 is 1.89 bits per heavy atom. The lowest BCUT2D eigenvalue weighted by Crippen LogP contribution is -2.23. The number of nitrogens with zero attached hydrogens (tertiary/aromatic N) is 4. The van der Waals surface area contributed by atoms with Crippen LogP contribution in [0.4, 0.5) is 10.5 Å². The van der Waals surface area contributed by atoms with E-state index in [1.807, 2.05) is 29.8 Å². The van der Waals surface area contributed by atoms with Crippen molar-refractivity contribution in [2.24, 2.45) is 7.05 Å². The van der Waals surface area contributed by atoms with Crippen LogP contribution >= 0.6 is 11.6 Å². The Balaban J connectivity index is 1.51. The highest BCUT2D eigenvalue weighted by atomic mass is 35.5. The summed E-state index contributed by atoms with van der Waals surface area (Å²) >= 11 is 6.56. The Morgan fingerprint density at radius 1 is 1.11 bits per heavy atom. The fraction of sp³-hybridized carbons (Fsp3) is 0.286. The fourth-order valence-corrected chi connectivity index (χ4v) is 4.24. The van der Waals surface area contributed by atoms with Crippen molar-refractivity contribution in [2.45, 2.75) is 18.3 Å². The molecule has 1 saturated carbocycles. The minimum absolute atomic E-state index is 0.0625. The topological polar surface area (TPSA) is 60.2 Å². The summed E-state index contributed by atoms with van der Waals surface area (Å²) in [7, 11) is 1.98. The van der Waals surface area contributed by atoms with Crippen molar-refractivity contribution in [1.29, 1.82) is 0 Å². The molecule has 2 aromatic carbocycles. The maximum atomic E-state index is 11.8. The van der Waals surface area contributed by atoms with E-state index in [-0.39, 0.29) is 11.5 Å². The highest BCUT2D eigenvalue weighted by Crippen LogP contribution is 2.53. The molecule has 0 bridgehead atoms. The number of carbonyl (C=O) groups excluding carboxylic acids is 1. The van der Waals surface area contributed by atoms with Crippen molar-refractivity contribution in [3.63, 3.8) is 0 Å². The molecular formula is C21H19ClN4O2. The van der Waals surface area contributed by atoms with E-state index >= 15 is 0 Å². The normalized spacial score (nSPS) is 17.6. The van der Waals surface area contributed by atoms with Gasteiger partial charge < -0.3 is 9.30 Å². The first-order valence-corrected chi connectivity index (χ1v) is 9.67. The molecule has 2 aliphatic rings. The largest absolute Gasteiger partial charge is 0.447 e. The van der Waals surface area contributed by atoms with Crippen molar-refractivity contribution in [1.82, 2.24) is 14.8 Å². The van der Waals surface area contributed by atoms with Gasteiger partial charge in [0.2, 0.25) is 0 Å². The lowest BCUT2D eigenvalue weighted by atomic mass is 9.95. The third kappa shape index (κ3) is 2.59. The molecular weight excluding hydrogens is 376 g/mol. The van der Waals surface area contributed by atoms with Gasteiger partial charge in [-0.2, -0.15) is 0 Å². The van der Waals surface area contributed by atoms with E-state index in [4.69, 9.17) is 16.3 Å². The zero-order valence-electron chi connectivity index (χ0n) is 15.4. The van der Waals surface area contributed by atoms with Crippen LogP contribution < -0.4 is 4.90 Å². The number of cyclic esters (lactones) is 1. The van der Waals surface area contributed by atoms with Crippen LogP contribution in [0.2, 0.25) is 5.02 Å². The van der Waals surface area contributed by atoms with E-state index in [1.165, 1.54) is 5.56 Å². The minimum atomic E-state index is -0.344. The molecule has 1 amide bonds. The molecule has 0 radical (unpaired) electrons. The summed E-state index contributed by atoms with van der Waals surface area (Å²) in [5, 5.41) is 9.50. The van der Waals surface area contributed by atoms with Gasteiger partial charge >= 0.3 is 6.09 Å². The van der Waals surface area contributed by atoms with Crippen LogP contribution in [-0.4, -0.2) is 34.0 Å². The average Bonchev–Trinajstić information content (AvgIpc) is 3.26. The summed E-state index contributed by atoms with van der Waals surface area (Å²) in [6, 6.07) is 16.0. The highest BCUT2D eigenvalue weighted by Gasteiger charge is 2.49.